The molecule has 1 nitrogen and oxygen atoms in total. The van der Waals surface area contributed by atoms with Crippen LogP contribution in [0.4, 0.5) is 0 Å². The van der Waals surface area contributed by atoms with Crippen molar-refractivity contribution >= 4 is 28.4 Å². The van der Waals surface area contributed by atoms with Crippen molar-refractivity contribution < 1.29 is 4.79 Å². The molecular formula is C26H27IO. The van der Waals surface area contributed by atoms with Crippen LogP contribution < -0.4 is 0 Å². The smallest absolute Gasteiger partial charge is 0.163 e. The van der Waals surface area contributed by atoms with Gasteiger partial charge in [0.2, 0.25) is 0 Å². The Hall–Kier alpha value is -1.94. The highest BCUT2D eigenvalue weighted by molar-refractivity contribution is 14.1. The first-order valence-corrected chi connectivity index (χ1v) is 10.9. The lowest BCUT2D eigenvalue weighted by atomic mass is 9.80. The Morgan fingerprint density at radius 1 is 0.821 bits per heavy atom. The molecule has 0 saturated carbocycles. The SMILES string of the molecule is CC(C)(CCCc1ccccc1)CC(=O)c1ccc(-c2ccc(I)cc2)cc1. The first-order chi connectivity index (χ1) is 13.4. The molecule has 0 fully saturated rings. The minimum absolute atomic E-state index is 0.0145. The van der Waals surface area contributed by atoms with Crippen molar-refractivity contribution in [3.63, 3.8) is 0 Å². The Morgan fingerprint density at radius 3 is 2.00 bits per heavy atom. The van der Waals surface area contributed by atoms with E-state index in [2.05, 4.69) is 103 Å². The molecule has 3 rings (SSSR count). The van der Waals surface area contributed by atoms with E-state index in [0.29, 0.717) is 6.42 Å². The molecule has 0 aromatic heterocycles. The number of aryl methyl sites for hydroxylation is 1. The Bertz CT molecular complexity index is 893. The maximum Gasteiger partial charge on any atom is 0.163 e. The summed E-state index contributed by atoms with van der Waals surface area (Å²) in [5.41, 5.74) is 4.53. The van der Waals surface area contributed by atoms with Crippen LogP contribution in [0.5, 0.6) is 0 Å². The number of halogens is 1. The Labute approximate surface area is 182 Å². The van der Waals surface area contributed by atoms with Crippen molar-refractivity contribution in [1.29, 1.82) is 0 Å². The fourth-order valence-corrected chi connectivity index (χ4v) is 3.89. The number of benzene rings is 3. The fraction of sp³-hybridized carbons (Fsp3) is 0.269. The number of rotatable bonds is 8. The molecule has 3 aromatic carbocycles. The van der Waals surface area contributed by atoms with Crippen LogP contribution in [0, 0.1) is 8.99 Å². The van der Waals surface area contributed by atoms with Crippen LogP contribution in [0.25, 0.3) is 11.1 Å². The summed E-state index contributed by atoms with van der Waals surface area (Å²) in [5.74, 6) is 0.235. The third-order valence-electron chi connectivity index (χ3n) is 5.19. The largest absolute Gasteiger partial charge is 0.294 e. The molecule has 0 heterocycles. The Kier molecular flexibility index (Phi) is 7.06. The van der Waals surface area contributed by atoms with Gasteiger partial charge in [-0.2, -0.15) is 0 Å². The lowest BCUT2D eigenvalue weighted by Gasteiger charge is -2.24. The van der Waals surface area contributed by atoms with Crippen molar-refractivity contribution in [3.05, 3.63) is 93.6 Å². The molecule has 0 aliphatic rings. The van der Waals surface area contributed by atoms with Gasteiger partial charge in [-0.25, -0.2) is 0 Å². The minimum Gasteiger partial charge on any atom is -0.294 e. The van der Waals surface area contributed by atoms with Crippen molar-refractivity contribution in [1.82, 2.24) is 0 Å². The van der Waals surface area contributed by atoms with Gasteiger partial charge in [-0.05, 0) is 76.1 Å². The molecule has 0 spiro atoms. The maximum atomic E-state index is 12.8. The Balaban J connectivity index is 1.56. The summed E-state index contributed by atoms with van der Waals surface area (Å²) < 4.78 is 1.22. The molecular weight excluding hydrogens is 455 g/mol. The first-order valence-electron chi connectivity index (χ1n) is 9.86. The summed E-state index contributed by atoms with van der Waals surface area (Å²) in [6.07, 6.45) is 3.82. The molecule has 0 atom stereocenters. The number of hydrogen-bond acceptors (Lipinski definition) is 1. The highest BCUT2D eigenvalue weighted by Gasteiger charge is 2.22. The van der Waals surface area contributed by atoms with Gasteiger partial charge in [0.15, 0.2) is 5.78 Å². The van der Waals surface area contributed by atoms with Crippen molar-refractivity contribution in [2.45, 2.75) is 39.5 Å². The van der Waals surface area contributed by atoms with E-state index in [-0.39, 0.29) is 11.2 Å². The molecule has 3 aromatic rings. The lowest BCUT2D eigenvalue weighted by molar-refractivity contribution is 0.0924. The minimum atomic E-state index is 0.0145. The summed E-state index contributed by atoms with van der Waals surface area (Å²) in [4.78, 5) is 12.8. The summed E-state index contributed by atoms with van der Waals surface area (Å²) in [7, 11) is 0. The van der Waals surface area contributed by atoms with Gasteiger partial charge in [0.1, 0.15) is 0 Å². The average molecular weight is 482 g/mol. The quantitative estimate of drug-likeness (QED) is 0.239. The second-order valence-corrected chi connectivity index (χ2v) is 9.43. The van der Waals surface area contributed by atoms with E-state index >= 15 is 0 Å². The highest BCUT2D eigenvalue weighted by atomic mass is 127. The third-order valence-corrected chi connectivity index (χ3v) is 5.90. The van der Waals surface area contributed by atoms with Gasteiger partial charge in [0, 0.05) is 15.6 Å². The molecule has 0 aliphatic heterocycles. The molecule has 144 valence electrons. The number of hydrogen-bond donors (Lipinski definition) is 0. The van der Waals surface area contributed by atoms with Crippen molar-refractivity contribution in [2.24, 2.45) is 5.41 Å². The van der Waals surface area contributed by atoms with Crippen LogP contribution in [-0.4, -0.2) is 5.78 Å². The number of ketones is 1. The second-order valence-electron chi connectivity index (χ2n) is 8.19. The van der Waals surface area contributed by atoms with Gasteiger partial charge in [0.25, 0.3) is 0 Å². The number of carbonyl (C=O) groups excluding carboxylic acids is 1. The second kappa shape index (κ2) is 9.51. The zero-order valence-corrected chi connectivity index (χ0v) is 18.8. The van der Waals surface area contributed by atoms with Gasteiger partial charge in [0.05, 0.1) is 0 Å². The van der Waals surface area contributed by atoms with Crippen LogP contribution in [0.1, 0.15) is 49.0 Å². The third kappa shape index (κ3) is 6.03. The molecule has 0 unspecified atom stereocenters. The van der Waals surface area contributed by atoms with E-state index in [1.165, 1.54) is 14.7 Å². The van der Waals surface area contributed by atoms with E-state index in [0.717, 1.165) is 30.4 Å². The van der Waals surface area contributed by atoms with E-state index in [1.54, 1.807) is 0 Å². The van der Waals surface area contributed by atoms with Gasteiger partial charge in [-0.3, -0.25) is 4.79 Å². The van der Waals surface area contributed by atoms with E-state index < -0.39 is 0 Å². The Morgan fingerprint density at radius 2 is 1.39 bits per heavy atom. The zero-order chi connectivity index (χ0) is 20.0. The van der Waals surface area contributed by atoms with Crippen molar-refractivity contribution in [3.8, 4) is 11.1 Å². The number of carbonyl (C=O) groups is 1. The summed E-state index contributed by atoms with van der Waals surface area (Å²) in [6, 6.07) is 27.1. The van der Waals surface area contributed by atoms with Crippen LogP contribution >= 0.6 is 22.6 Å². The van der Waals surface area contributed by atoms with Gasteiger partial charge in [-0.1, -0.05) is 80.6 Å². The van der Waals surface area contributed by atoms with Crippen LogP contribution in [0.3, 0.4) is 0 Å². The number of Topliss-reactive ketones (excluding diaryl/α,β-unsaturated/α-hetero) is 1. The van der Waals surface area contributed by atoms with E-state index in [1.807, 2.05) is 12.1 Å². The van der Waals surface area contributed by atoms with Gasteiger partial charge >= 0.3 is 0 Å². The maximum absolute atomic E-state index is 12.8. The first kappa shape index (κ1) is 20.8. The van der Waals surface area contributed by atoms with Gasteiger partial charge in [-0.15, -0.1) is 0 Å². The monoisotopic (exact) mass is 482 g/mol. The molecule has 2 heteroatoms. The topological polar surface area (TPSA) is 17.1 Å². The van der Waals surface area contributed by atoms with Crippen LogP contribution in [0.15, 0.2) is 78.9 Å². The summed E-state index contributed by atoms with van der Waals surface area (Å²) >= 11 is 2.31. The molecule has 0 aliphatic carbocycles. The lowest BCUT2D eigenvalue weighted by Crippen LogP contribution is -2.17. The fourth-order valence-electron chi connectivity index (χ4n) is 3.53. The zero-order valence-electron chi connectivity index (χ0n) is 16.6. The molecule has 0 saturated heterocycles. The summed E-state index contributed by atoms with van der Waals surface area (Å²) in [6.45, 7) is 4.41. The molecule has 0 radical (unpaired) electrons. The van der Waals surface area contributed by atoms with Crippen molar-refractivity contribution in [2.75, 3.05) is 0 Å². The van der Waals surface area contributed by atoms with Gasteiger partial charge < -0.3 is 0 Å². The molecule has 0 N–H and O–H groups in total. The van der Waals surface area contributed by atoms with Crippen LogP contribution in [0.2, 0.25) is 0 Å². The highest BCUT2D eigenvalue weighted by Crippen LogP contribution is 2.30. The molecule has 0 bridgehead atoms. The molecule has 0 amide bonds. The van der Waals surface area contributed by atoms with E-state index in [9.17, 15) is 4.79 Å². The normalized spacial score (nSPS) is 11.4. The standard InChI is InChI=1S/C26H27IO/c1-26(2,18-6-9-20-7-4-3-5-8-20)19-25(28)23-12-10-21(11-13-23)22-14-16-24(27)17-15-22/h3-5,7-8,10-17H,6,9,18-19H2,1-2H3. The predicted octanol–water partition coefficient (Wildman–Crippen LogP) is 7.58. The summed E-state index contributed by atoms with van der Waals surface area (Å²) in [5, 5.41) is 0. The van der Waals surface area contributed by atoms with E-state index in [4.69, 9.17) is 0 Å². The van der Waals surface area contributed by atoms with Crippen LogP contribution in [-0.2, 0) is 6.42 Å². The predicted molar refractivity (Wildman–Crippen MR) is 127 cm³/mol. The average Bonchev–Trinajstić information content (AvgIpc) is 2.69. The molecule has 28 heavy (non-hydrogen) atoms.